The average Bonchev–Trinajstić information content (AvgIpc) is 2.57. The molecule has 2 aliphatic rings. The molecule has 0 unspecified atom stereocenters. The highest BCUT2D eigenvalue weighted by Crippen LogP contribution is 2.43. The summed E-state index contributed by atoms with van der Waals surface area (Å²) in [5.74, 6) is 2.87. The van der Waals surface area contributed by atoms with Gasteiger partial charge in [-0.25, -0.2) is 0 Å². The van der Waals surface area contributed by atoms with Gasteiger partial charge >= 0.3 is 0 Å². The van der Waals surface area contributed by atoms with Gasteiger partial charge in [0.2, 0.25) is 0 Å². The SMILES string of the molecule is CCC=C1CCC(C2CCC(c3ccc(C)cc3)CC2)CC1. The first-order chi connectivity index (χ1) is 10.8. The van der Waals surface area contributed by atoms with Crippen molar-refractivity contribution in [2.24, 2.45) is 11.8 Å². The van der Waals surface area contributed by atoms with Crippen molar-refractivity contribution in [2.75, 3.05) is 0 Å². The monoisotopic (exact) mass is 296 g/mol. The van der Waals surface area contributed by atoms with E-state index in [0.29, 0.717) is 0 Å². The fourth-order valence-corrected chi connectivity index (χ4v) is 4.74. The van der Waals surface area contributed by atoms with Gasteiger partial charge in [-0.1, -0.05) is 48.4 Å². The third-order valence-corrected chi connectivity index (χ3v) is 6.15. The molecule has 0 aliphatic heterocycles. The van der Waals surface area contributed by atoms with E-state index in [1.54, 1.807) is 11.1 Å². The number of hydrogen-bond donors (Lipinski definition) is 0. The van der Waals surface area contributed by atoms with Crippen LogP contribution in [0.25, 0.3) is 0 Å². The molecule has 0 bridgehead atoms. The van der Waals surface area contributed by atoms with Crippen molar-refractivity contribution >= 4 is 0 Å². The molecule has 0 nitrogen and oxygen atoms in total. The van der Waals surface area contributed by atoms with Gasteiger partial charge in [0, 0.05) is 0 Å². The van der Waals surface area contributed by atoms with Crippen LogP contribution in [-0.4, -0.2) is 0 Å². The molecule has 22 heavy (non-hydrogen) atoms. The third-order valence-electron chi connectivity index (χ3n) is 6.15. The normalized spacial score (nSPS) is 29.4. The van der Waals surface area contributed by atoms with Gasteiger partial charge in [-0.3, -0.25) is 0 Å². The van der Waals surface area contributed by atoms with E-state index < -0.39 is 0 Å². The van der Waals surface area contributed by atoms with Gasteiger partial charge in [0.25, 0.3) is 0 Å². The Morgan fingerprint density at radius 2 is 1.45 bits per heavy atom. The van der Waals surface area contributed by atoms with Crippen LogP contribution in [0.5, 0.6) is 0 Å². The van der Waals surface area contributed by atoms with Crippen LogP contribution in [0, 0.1) is 18.8 Å². The first kappa shape index (κ1) is 15.8. The van der Waals surface area contributed by atoms with Gasteiger partial charge in [-0.2, -0.15) is 0 Å². The maximum atomic E-state index is 2.48. The lowest BCUT2D eigenvalue weighted by Gasteiger charge is -2.36. The molecule has 2 fully saturated rings. The van der Waals surface area contributed by atoms with Gasteiger partial charge in [0.15, 0.2) is 0 Å². The van der Waals surface area contributed by atoms with E-state index in [2.05, 4.69) is 44.2 Å². The van der Waals surface area contributed by atoms with Crippen LogP contribution in [0.4, 0.5) is 0 Å². The zero-order valence-electron chi connectivity index (χ0n) is 14.5. The molecule has 120 valence electrons. The molecule has 1 aromatic rings. The van der Waals surface area contributed by atoms with Crippen LogP contribution in [0.2, 0.25) is 0 Å². The summed E-state index contributed by atoms with van der Waals surface area (Å²) in [5, 5.41) is 0. The maximum absolute atomic E-state index is 2.48. The van der Waals surface area contributed by atoms with E-state index in [9.17, 15) is 0 Å². The summed E-state index contributed by atoms with van der Waals surface area (Å²) in [6.45, 7) is 4.45. The minimum atomic E-state index is 0.830. The Balaban J connectivity index is 1.50. The van der Waals surface area contributed by atoms with Crippen molar-refractivity contribution in [3.63, 3.8) is 0 Å². The molecular weight excluding hydrogens is 264 g/mol. The lowest BCUT2D eigenvalue weighted by Crippen LogP contribution is -2.23. The molecule has 2 saturated carbocycles. The lowest BCUT2D eigenvalue weighted by atomic mass is 9.69. The molecule has 0 aromatic heterocycles. The Labute approximate surface area is 137 Å². The number of benzene rings is 1. The predicted molar refractivity (Wildman–Crippen MR) is 96.2 cm³/mol. The van der Waals surface area contributed by atoms with E-state index >= 15 is 0 Å². The lowest BCUT2D eigenvalue weighted by molar-refractivity contribution is 0.200. The Hall–Kier alpha value is -1.04. The van der Waals surface area contributed by atoms with E-state index in [1.807, 2.05) is 0 Å². The van der Waals surface area contributed by atoms with Crippen molar-refractivity contribution in [3.8, 4) is 0 Å². The van der Waals surface area contributed by atoms with Crippen molar-refractivity contribution in [1.82, 2.24) is 0 Å². The molecule has 0 spiro atoms. The molecule has 0 N–H and O–H groups in total. The molecule has 2 aliphatic carbocycles. The van der Waals surface area contributed by atoms with E-state index in [0.717, 1.165) is 17.8 Å². The second-order valence-corrected chi connectivity index (χ2v) is 7.63. The van der Waals surface area contributed by atoms with Crippen LogP contribution in [0.1, 0.15) is 81.8 Å². The standard InChI is InChI=1S/C22H32/c1-3-4-18-7-11-20(12-8-18)22-15-13-21(14-16-22)19-9-5-17(2)6-10-19/h4-6,9-10,20-22H,3,7-8,11-16H2,1-2H3. The third kappa shape index (κ3) is 3.83. The Kier molecular flexibility index (Phi) is 5.39. The average molecular weight is 296 g/mol. The van der Waals surface area contributed by atoms with E-state index in [1.165, 1.54) is 63.4 Å². The van der Waals surface area contributed by atoms with E-state index in [-0.39, 0.29) is 0 Å². The zero-order chi connectivity index (χ0) is 15.4. The van der Waals surface area contributed by atoms with Crippen molar-refractivity contribution in [3.05, 3.63) is 47.0 Å². The highest BCUT2D eigenvalue weighted by Gasteiger charge is 2.29. The number of hydrogen-bond acceptors (Lipinski definition) is 0. The zero-order valence-corrected chi connectivity index (χ0v) is 14.5. The van der Waals surface area contributed by atoms with Gasteiger partial charge < -0.3 is 0 Å². The molecular formula is C22H32. The molecule has 1 aromatic carbocycles. The minimum Gasteiger partial charge on any atom is -0.0856 e. The number of aryl methyl sites for hydroxylation is 1. The molecule has 0 atom stereocenters. The largest absolute Gasteiger partial charge is 0.0856 e. The Morgan fingerprint density at radius 3 is 2.05 bits per heavy atom. The summed E-state index contributed by atoms with van der Waals surface area (Å²) in [7, 11) is 0. The molecule has 3 rings (SSSR count). The Morgan fingerprint density at radius 1 is 0.864 bits per heavy atom. The van der Waals surface area contributed by atoms with Crippen molar-refractivity contribution in [1.29, 1.82) is 0 Å². The molecule has 0 heterocycles. The van der Waals surface area contributed by atoms with Crippen LogP contribution >= 0.6 is 0 Å². The summed E-state index contributed by atoms with van der Waals surface area (Å²) >= 11 is 0. The van der Waals surface area contributed by atoms with Crippen molar-refractivity contribution < 1.29 is 0 Å². The first-order valence-electron chi connectivity index (χ1n) is 9.50. The summed E-state index contributed by atoms with van der Waals surface area (Å²) in [6.07, 6.45) is 15.2. The van der Waals surface area contributed by atoms with Gasteiger partial charge in [0.05, 0.1) is 0 Å². The molecule has 0 heteroatoms. The fraction of sp³-hybridized carbons (Fsp3) is 0.636. The van der Waals surface area contributed by atoms with Crippen LogP contribution in [0.15, 0.2) is 35.9 Å². The van der Waals surface area contributed by atoms with Gasteiger partial charge in [-0.05, 0) is 88.0 Å². The second-order valence-electron chi connectivity index (χ2n) is 7.63. The second kappa shape index (κ2) is 7.49. The number of rotatable bonds is 3. The van der Waals surface area contributed by atoms with Crippen LogP contribution in [0.3, 0.4) is 0 Å². The predicted octanol–water partition coefficient (Wildman–Crippen LogP) is 6.80. The Bertz CT molecular complexity index is 475. The first-order valence-corrected chi connectivity index (χ1v) is 9.50. The minimum absolute atomic E-state index is 0.830. The van der Waals surface area contributed by atoms with Crippen LogP contribution < -0.4 is 0 Å². The van der Waals surface area contributed by atoms with Crippen molar-refractivity contribution in [2.45, 2.75) is 77.6 Å². The maximum Gasteiger partial charge on any atom is -0.0162 e. The molecule has 0 amide bonds. The molecule has 0 radical (unpaired) electrons. The van der Waals surface area contributed by atoms with E-state index in [4.69, 9.17) is 0 Å². The quantitative estimate of drug-likeness (QED) is 0.538. The highest BCUT2D eigenvalue weighted by molar-refractivity contribution is 5.24. The topological polar surface area (TPSA) is 0 Å². The van der Waals surface area contributed by atoms with Gasteiger partial charge in [-0.15, -0.1) is 0 Å². The summed E-state index contributed by atoms with van der Waals surface area (Å²) in [4.78, 5) is 0. The smallest absolute Gasteiger partial charge is 0.0162 e. The molecule has 0 saturated heterocycles. The summed E-state index contributed by atoms with van der Waals surface area (Å²) in [5.41, 5.74) is 4.71. The van der Waals surface area contributed by atoms with Gasteiger partial charge in [0.1, 0.15) is 0 Å². The summed E-state index contributed by atoms with van der Waals surface area (Å²) < 4.78 is 0. The fourth-order valence-electron chi connectivity index (χ4n) is 4.74. The number of allylic oxidation sites excluding steroid dienone is 2. The van der Waals surface area contributed by atoms with Crippen LogP contribution in [-0.2, 0) is 0 Å². The highest BCUT2D eigenvalue weighted by atomic mass is 14.3. The summed E-state index contributed by atoms with van der Waals surface area (Å²) in [6, 6.07) is 9.29.